The zero-order chi connectivity index (χ0) is 16.9. The summed E-state index contributed by atoms with van der Waals surface area (Å²) in [4.78, 5) is 17.7. The summed E-state index contributed by atoms with van der Waals surface area (Å²) in [6, 6.07) is 0.532. The van der Waals surface area contributed by atoms with Crippen LogP contribution in [0.1, 0.15) is 33.1 Å². The fourth-order valence-corrected chi connectivity index (χ4v) is 2.90. The predicted molar refractivity (Wildman–Crippen MR) is 89.5 cm³/mol. The van der Waals surface area contributed by atoms with Gasteiger partial charge < -0.3 is 25.0 Å². The first-order valence-electron chi connectivity index (χ1n) is 8.39. The fourth-order valence-electron chi connectivity index (χ4n) is 2.90. The molecule has 1 amide bonds. The summed E-state index contributed by atoms with van der Waals surface area (Å²) in [6.45, 7) is 6.44. The number of likely N-dealkylation sites (N-methyl/N-ethyl adjacent to an activating group) is 1. The van der Waals surface area contributed by atoms with Crippen molar-refractivity contribution in [2.75, 3.05) is 40.5 Å². The Morgan fingerprint density at radius 2 is 2.17 bits per heavy atom. The smallest absolute Gasteiger partial charge is 0.243 e. The average Bonchev–Trinajstić information content (AvgIpc) is 2.91. The standard InChI is InChI=1S/C16H30N4O3/c1-12(2)18-15(17-10-14(21)20(3)4)19-13-5-7-23-16(9-13)6-8-22-11-16/h12-13H,5-11H2,1-4H3,(H2,17,18,19). The van der Waals surface area contributed by atoms with E-state index in [9.17, 15) is 4.79 Å². The van der Waals surface area contributed by atoms with Crippen LogP contribution < -0.4 is 10.6 Å². The van der Waals surface area contributed by atoms with Crippen LogP contribution in [-0.4, -0.2) is 74.9 Å². The maximum atomic E-state index is 11.8. The number of hydrogen-bond donors (Lipinski definition) is 2. The highest BCUT2D eigenvalue weighted by Gasteiger charge is 2.41. The van der Waals surface area contributed by atoms with E-state index in [1.54, 1.807) is 19.0 Å². The summed E-state index contributed by atoms with van der Waals surface area (Å²) >= 11 is 0. The van der Waals surface area contributed by atoms with E-state index < -0.39 is 0 Å². The number of rotatable bonds is 4. The van der Waals surface area contributed by atoms with Gasteiger partial charge in [0.2, 0.25) is 5.91 Å². The lowest BCUT2D eigenvalue weighted by molar-refractivity contribution is -0.127. The van der Waals surface area contributed by atoms with Crippen molar-refractivity contribution in [2.24, 2.45) is 4.99 Å². The van der Waals surface area contributed by atoms with Gasteiger partial charge in [-0.05, 0) is 26.7 Å². The highest BCUT2D eigenvalue weighted by molar-refractivity contribution is 5.85. The van der Waals surface area contributed by atoms with Gasteiger partial charge in [0.25, 0.3) is 0 Å². The van der Waals surface area contributed by atoms with Crippen molar-refractivity contribution >= 4 is 11.9 Å². The SMILES string of the molecule is CC(C)NC(=NCC(=O)N(C)C)NC1CCOC2(CCOC2)C1. The van der Waals surface area contributed by atoms with Gasteiger partial charge in [0.15, 0.2) is 5.96 Å². The Morgan fingerprint density at radius 3 is 2.78 bits per heavy atom. The van der Waals surface area contributed by atoms with E-state index in [2.05, 4.69) is 29.5 Å². The maximum absolute atomic E-state index is 11.8. The summed E-state index contributed by atoms with van der Waals surface area (Å²) in [7, 11) is 3.48. The minimum atomic E-state index is -0.141. The second-order valence-electron chi connectivity index (χ2n) is 6.92. The molecule has 0 bridgehead atoms. The Bertz CT molecular complexity index is 431. The third kappa shape index (κ3) is 5.35. The summed E-state index contributed by atoms with van der Waals surface area (Å²) < 4.78 is 11.5. The zero-order valence-electron chi connectivity index (χ0n) is 14.7. The lowest BCUT2D eigenvalue weighted by Crippen LogP contribution is -2.52. The monoisotopic (exact) mass is 326 g/mol. The molecule has 0 aromatic rings. The van der Waals surface area contributed by atoms with Crippen molar-refractivity contribution in [1.29, 1.82) is 0 Å². The molecule has 2 saturated heterocycles. The second-order valence-corrected chi connectivity index (χ2v) is 6.92. The van der Waals surface area contributed by atoms with Crippen LogP contribution in [0, 0.1) is 0 Å². The Balaban J connectivity index is 1.96. The van der Waals surface area contributed by atoms with Gasteiger partial charge in [0, 0.05) is 45.8 Å². The molecule has 2 aliphatic heterocycles. The van der Waals surface area contributed by atoms with Crippen molar-refractivity contribution in [3.05, 3.63) is 0 Å². The van der Waals surface area contributed by atoms with Gasteiger partial charge in [-0.15, -0.1) is 0 Å². The molecule has 2 atom stereocenters. The molecule has 2 heterocycles. The average molecular weight is 326 g/mol. The van der Waals surface area contributed by atoms with Crippen LogP contribution >= 0.6 is 0 Å². The minimum absolute atomic E-state index is 0.0116. The van der Waals surface area contributed by atoms with Crippen LogP contribution in [-0.2, 0) is 14.3 Å². The molecule has 0 aromatic heterocycles. The van der Waals surface area contributed by atoms with Gasteiger partial charge in [-0.2, -0.15) is 0 Å². The van der Waals surface area contributed by atoms with Crippen LogP contribution in [0.25, 0.3) is 0 Å². The van der Waals surface area contributed by atoms with Crippen molar-refractivity contribution in [2.45, 2.75) is 50.8 Å². The molecule has 2 unspecified atom stereocenters. The van der Waals surface area contributed by atoms with E-state index in [0.29, 0.717) is 12.6 Å². The number of ether oxygens (including phenoxy) is 2. The zero-order valence-corrected chi connectivity index (χ0v) is 14.7. The maximum Gasteiger partial charge on any atom is 0.243 e. The number of guanidine groups is 1. The lowest BCUT2D eigenvalue weighted by atomic mass is 9.90. The highest BCUT2D eigenvalue weighted by atomic mass is 16.6. The highest BCUT2D eigenvalue weighted by Crippen LogP contribution is 2.32. The van der Waals surface area contributed by atoms with E-state index in [4.69, 9.17) is 9.47 Å². The van der Waals surface area contributed by atoms with Crippen LogP contribution in [0.3, 0.4) is 0 Å². The third-order valence-electron chi connectivity index (χ3n) is 4.20. The van der Waals surface area contributed by atoms with Crippen molar-refractivity contribution in [1.82, 2.24) is 15.5 Å². The summed E-state index contributed by atoms with van der Waals surface area (Å²) in [5.41, 5.74) is -0.141. The number of amides is 1. The molecular formula is C16H30N4O3. The van der Waals surface area contributed by atoms with E-state index >= 15 is 0 Å². The van der Waals surface area contributed by atoms with Gasteiger partial charge in [-0.25, -0.2) is 4.99 Å². The first-order valence-corrected chi connectivity index (χ1v) is 8.39. The molecule has 1 spiro atoms. The summed E-state index contributed by atoms with van der Waals surface area (Å²) in [6.07, 6.45) is 2.80. The Labute approximate surface area is 138 Å². The molecular weight excluding hydrogens is 296 g/mol. The van der Waals surface area contributed by atoms with E-state index in [-0.39, 0.29) is 30.1 Å². The normalized spacial score (nSPS) is 28.2. The fraction of sp³-hybridized carbons (Fsp3) is 0.875. The van der Waals surface area contributed by atoms with Crippen LogP contribution in [0.4, 0.5) is 0 Å². The Morgan fingerprint density at radius 1 is 1.39 bits per heavy atom. The number of nitrogens with zero attached hydrogens (tertiary/aromatic N) is 2. The van der Waals surface area contributed by atoms with Gasteiger partial charge in [-0.3, -0.25) is 4.79 Å². The number of carbonyl (C=O) groups is 1. The predicted octanol–water partition coefficient (Wildman–Crippen LogP) is 0.356. The van der Waals surface area contributed by atoms with Gasteiger partial charge in [0.05, 0.1) is 12.2 Å². The number of aliphatic imine (C=N–C) groups is 1. The molecule has 2 aliphatic rings. The molecule has 2 N–H and O–H groups in total. The van der Waals surface area contributed by atoms with Gasteiger partial charge >= 0.3 is 0 Å². The van der Waals surface area contributed by atoms with E-state index in [0.717, 1.165) is 32.5 Å². The number of hydrogen-bond acceptors (Lipinski definition) is 4. The molecule has 7 nitrogen and oxygen atoms in total. The molecule has 0 radical (unpaired) electrons. The van der Waals surface area contributed by atoms with Gasteiger partial charge in [-0.1, -0.05) is 0 Å². The molecule has 2 fully saturated rings. The van der Waals surface area contributed by atoms with Crippen LogP contribution in [0.15, 0.2) is 4.99 Å². The molecule has 0 aromatic carbocycles. The largest absolute Gasteiger partial charge is 0.378 e. The third-order valence-corrected chi connectivity index (χ3v) is 4.20. The first-order chi connectivity index (χ1) is 10.9. The lowest BCUT2D eigenvalue weighted by Gasteiger charge is -2.38. The summed E-state index contributed by atoms with van der Waals surface area (Å²) in [5.74, 6) is 0.679. The molecule has 2 rings (SSSR count). The van der Waals surface area contributed by atoms with Crippen molar-refractivity contribution < 1.29 is 14.3 Å². The van der Waals surface area contributed by atoms with Crippen LogP contribution in [0.5, 0.6) is 0 Å². The number of nitrogens with one attached hydrogen (secondary N) is 2. The van der Waals surface area contributed by atoms with Gasteiger partial charge in [0.1, 0.15) is 6.54 Å². The summed E-state index contributed by atoms with van der Waals surface area (Å²) in [5, 5.41) is 6.76. The minimum Gasteiger partial charge on any atom is -0.378 e. The quantitative estimate of drug-likeness (QED) is 0.576. The van der Waals surface area contributed by atoms with Crippen molar-refractivity contribution in [3.63, 3.8) is 0 Å². The second kappa shape index (κ2) is 7.97. The molecule has 23 heavy (non-hydrogen) atoms. The number of carbonyl (C=O) groups excluding carboxylic acids is 1. The van der Waals surface area contributed by atoms with E-state index in [1.165, 1.54) is 0 Å². The van der Waals surface area contributed by atoms with Crippen LogP contribution in [0.2, 0.25) is 0 Å². The molecule has 0 saturated carbocycles. The molecule has 0 aliphatic carbocycles. The van der Waals surface area contributed by atoms with Crippen molar-refractivity contribution in [3.8, 4) is 0 Å². The first kappa shape index (κ1) is 18.0. The molecule has 7 heteroatoms. The Hall–Kier alpha value is -1.34. The topological polar surface area (TPSA) is 75.2 Å². The van der Waals surface area contributed by atoms with E-state index in [1.807, 2.05) is 0 Å². The molecule has 132 valence electrons. The Kier molecular flexibility index (Phi) is 6.24.